The van der Waals surface area contributed by atoms with Gasteiger partial charge in [-0.05, 0) is 31.7 Å². The third-order valence-corrected chi connectivity index (χ3v) is 2.87. The molecule has 3 heteroatoms. The lowest BCUT2D eigenvalue weighted by Gasteiger charge is -2.33. The van der Waals surface area contributed by atoms with E-state index in [0.717, 1.165) is 24.9 Å². The number of nitrogens with one attached hydrogen (secondary N) is 1. The van der Waals surface area contributed by atoms with Crippen molar-refractivity contribution in [3.63, 3.8) is 0 Å². The van der Waals surface area contributed by atoms with Crippen molar-refractivity contribution in [2.75, 3.05) is 20.2 Å². The van der Waals surface area contributed by atoms with Gasteiger partial charge in [0, 0.05) is 19.7 Å². The van der Waals surface area contributed by atoms with Gasteiger partial charge >= 0.3 is 0 Å². The lowest BCUT2D eigenvalue weighted by molar-refractivity contribution is 0.0990. The number of hydrogen-bond donors (Lipinski definition) is 2. The first-order valence-corrected chi connectivity index (χ1v) is 5.22. The van der Waals surface area contributed by atoms with E-state index >= 15 is 0 Å². The van der Waals surface area contributed by atoms with E-state index in [0.29, 0.717) is 6.54 Å². The van der Waals surface area contributed by atoms with Gasteiger partial charge in [-0.2, -0.15) is 0 Å². The maximum atomic E-state index is 5.52. The fraction of sp³-hybridized carbons (Fsp3) is 1.00. The van der Waals surface area contributed by atoms with Gasteiger partial charge in [0.2, 0.25) is 0 Å². The molecule has 0 amide bonds. The van der Waals surface area contributed by atoms with Crippen LogP contribution in [0.4, 0.5) is 0 Å². The Hall–Kier alpha value is -0.120. The predicted molar refractivity (Wildman–Crippen MR) is 54.7 cm³/mol. The lowest BCUT2D eigenvalue weighted by atomic mass is 9.82. The molecule has 0 bridgehead atoms. The minimum Gasteiger partial charge on any atom is -0.380 e. The van der Waals surface area contributed by atoms with Crippen LogP contribution in [0, 0.1) is 5.92 Å². The highest BCUT2D eigenvalue weighted by Gasteiger charge is 2.24. The standard InChI is InChI=1S/C10H22N2O/c1-8-5-9(6-8)12-4-3-10(7-11)13-2/h8-10,12H,3-7,11H2,1-2H3. The third-order valence-electron chi connectivity index (χ3n) is 2.87. The Morgan fingerprint density at radius 3 is 2.69 bits per heavy atom. The largest absolute Gasteiger partial charge is 0.380 e. The fourth-order valence-electron chi connectivity index (χ4n) is 1.85. The Bertz CT molecular complexity index is 131. The highest BCUT2D eigenvalue weighted by atomic mass is 16.5. The van der Waals surface area contributed by atoms with Gasteiger partial charge in [0.05, 0.1) is 6.10 Å². The summed E-state index contributed by atoms with van der Waals surface area (Å²) in [6, 6.07) is 0.755. The van der Waals surface area contributed by atoms with Crippen LogP contribution in [-0.4, -0.2) is 32.3 Å². The molecular weight excluding hydrogens is 164 g/mol. The van der Waals surface area contributed by atoms with Crippen LogP contribution in [-0.2, 0) is 4.74 Å². The van der Waals surface area contributed by atoms with Gasteiger partial charge in [0.1, 0.15) is 0 Å². The summed E-state index contributed by atoms with van der Waals surface area (Å²) in [6.45, 7) is 3.96. The van der Waals surface area contributed by atoms with Gasteiger partial charge in [-0.3, -0.25) is 0 Å². The number of hydrogen-bond acceptors (Lipinski definition) is 3. The molecule has 0 aromatic carbocycles. The number of rotatable bonds is 6. The molecule has 1 aliphatic rings. The number of ether oxygens (including phenoxy) is 1. The summed E-state index contributed by atoms with van der Waals surface area (Å²) in [5.74, 6) is 0.922. The fourth-order valence-corrected chi connectivity index (χ4v) is 1.85. The van der Waals surface area contributed by atoms with E-state index in [1.54, 1.807) is 7.11 Å². The van der Waals surface area contributed by atoms with Crippen LogP contribution < -0.4 is 11.1 Å². The van der Waals surface area contributed by atoms with Crippen LogP contribution in [0.15, 0.2) is 0 Å². The van der Waals surface area contributed by atoms with Gasteiger partial charge in [0.15, 0.2) is 0 Å². The zero-order valence-corrected chi connectivity index (χ0v) is 8.75. The Kier molecular flexibility index (Phi) is 4.70. The summed E-state index contributed by atoms with van der Waals surface area (Å²) in [6.07, 6.45) is 3.92. The highest BCUT2D eigenvalue weighted by Crippen LogP contribution is 2.25. The molecule has 0 spiro atoms. The van der Waals surface area contributed by atoms with E-state index < -0.39 is 0 Å². The molecule has 1 aliphatic carbocycles. The first-order valence-electron chi connectivity index (χ1n) is 5.22. The van der Waals surface area contributed by atoms with Gasteiger partial charge in [0.25, 0.3) is 0 Å². The molecule has 3 nitrogen and oxygen atoms in total. The highest BCUT2D eigenvalue weighted by molar-refractivity contribution is 4.82. The SMILES string of the molecule is COC(CN)CCNC1CC(C)C1. The van der Waals surface area contributed by atoms with Crippen molar-refractivity contribution in [3.8, 4) is 0 Å². The monoisotopic (exact) mass is 186 g/mol. The van der Waals surface area contributed by atoms with Crippen molar-refractivity contribution in [3.05, 3.63) is 0 Å². The van der Waals surface area contributed by atoms with Crippen molar-refractivity contribution in [1.29, 1.82) is 0 Å². The lowest BCUT2D eigenvalue weighted by Crippen LogP contribution is -2.41. The van der Waals surface area contributed by atoms with E-state index in [4.69, 9.17) is 10.5 Å². The quantitative estimate of drug-likeness (QED) is 0.643. The molecule has 1 saturated carbocycles. The number of methoxy groups -OCH3 is 1. The maximum Gasteiger partial charge on any atom is 0.0705 e. The van der Waals surface area contributed by atoms with E-state index in [9.17, 15) is 0 Å². The minimum atomic E-state index is 0.227. The van der Waals surface area contributed by atoms with Gasteiger partial charge in [-0.25, -0.2) is 0 Å². The van der Waals surface area contributed by atoms with Crippen molar-refractivity contribution in [2.24, 2.45) is 11.7 Å². The summed E-state index contributed by atoms with van der Waals surface area (Å²) in [4.78, 5) is 0. The zero-order chi connectivity index (χ0) is 9.68. The van der Waals surface area contributed by atoms with Crippen LogP contribution in [0.3, 0.4) is 0 Å². The minimum absolute atomic E-state index is 0.227. The van der Waals surface area contributed by atoms with Gasteiger partial charge in [-0.1, -0.05) is 6.92 Å². The molecule has 0 aromatic rings. The molecule has 1 rings (SSSR count). The topological polar surface area (TPSA) is 47.3 Å². The Morgan fingerprint density at radius 1 is 1.54 bits per heavy atom. The zero-order valence-electron chi connectivity index (χ0n) is 8.75. The first-order chi connectivity index (χ1) is 6.26. The maximum absolute atomic E-state index is 5.52. The molecule has 0 radical (unpaired) electrons. The van der Waals surface area contributed by atoms with Crippen molar-refractivity contribution < 1.29 is 4.74 Å². The first kappa shape index (κ1) is 11.0. The third kappa shape index (κ3) is 3.63. The number of nitrogens with two attached hydrogens (primary N) is 1. The molecule has 1 fully saturated rings. The van der Waals surface area contributed by atoms with Crippen molar-refractivity contribution in [2.45, 2.75) is 38.3 Å². The Labute approximate surface area is 81.0 Å². The van der Waals surface area contributed by atoms with Crippen molar-refractivity contribution >= 4 is 0 Å². The molecular formula is C10H22N2O. The molecule has 0 aliphatic heterocycles. The van der Waals surface area contributed by atoms with Crippen molar-refractivity contribution in [1.82, 2.24) is 5.32 Å². The summed E-state index contributed by atoms with van der Waals surface area (Å²) < 4.78 is 5.19. The summed E-state index contributed by atoms with van der Waals surface area (Å²) in [5.41, 5.74) is 5.52. The second kappa shape index (κ2) is 5.58. The molecule has 1 atom stereocenters. The summed E-state index contributed by atoms with van der Waals surface area (Å²) in [5, 5.41) is 3.51. The van der Waals surface area contributed by atoms with Crippen LogP contribution in [0.25, 0.3) is 0 Å². The molecule has 13 heavy (non-hydrogen) atoms. The predicted octanol–water partition coefficient (Wildman–Crippen LogP) is 0.738. The van der Waals surface area contributed by atoms with Crippen LogP contribution in [0.5, 0.6) is 0 Å². The Balaban J connectivity index is 1.94. The van der Waals surface area contributed by atoms with E-state index in [-0.39, 0.29) is 6.10 Å². The molecule has 0 aromatic heterocycles. The molecule has 3 N–H and O–H groups in total. The molecule has 0 saturated heterocycles. The summed E-state index contributed by atoms with van der Waals surface area (Å²) >= 11 is 0. The van der Waals surface area contributed by atoms with Crippen LogP contribution in [0.1, 0.15) is 26.2 Å². The average Bonchev–Trinajstić information content (AvgIpc) is 2.09. The normalized spacial score (nSPS) is 29.8. The van der Waals surface area contributed by atoms with Crippen LogP contribution in [0.2, 0.25) is 0 Å². The smallest absolute Gasteiger partial charge is 0.0705 e. The van der Waals surface area contributed by atoms with E-state index in [1.165, 1.54) is 12.8 Å². The summed E-state index contributed by atoms with van der Waals surface area (Å²) in [7, 11) is 1.73. The van der Waals surface area contributed by atoms with Gasteiger partial charge < -0.3 is 15.8 Å². The second-order valence-electron chi connectivity index (χ2n) is 4.11. The molecule has 0 heterocycles. The molecule has 1 unspecified atom stereocenters. The van der Waals surface area contributed by atoms with Gasteiger partial charge in [-0.15, -0.1) is 0 Å². The average molecular weight is 186 g/mol. The van der Waals surface area contributed by atoms with E-state index in [1.807, 2.05) is 0 Å². The Morgan fingerprint density at radius 2 is 2.23 bits per heavy atom. The van der Waals surface area contributed by atoms with E-state index in [2.05, 4.69) is 12.2 Å². The van der Waals surface area contributed by atoms with Crippen LogP contribution >= 0.6 is 0 Å². The second-order valence-corrected chi connectivity index (χ2v) is 4.11. The molecule has 78 valence electrons.